The quantitative estimate of drug-likeness (QED) is 0.905. The van der Waals surface area contributed by atoms with Crippen LogP contribution in [0.5, 0.6) is 11.6 Å². The minimum atomic E-state index is 0.402. The van der Waals surface area contributed by atoms with Gasteiger partial charge >= 0.3 is 0 Å². The van der Waals surface area contributed by atoms with Crippen molar-refractivity contribution in [3.8, 4) is 11.6 Å². The number of nitrogens with one attached hydrogen (secondary N) is 1. The topological polar surface area (TPSA) is 47.0 Å². The average molecular weight is 271 g/mol. The van der Waals surface area contributed by atoms with Crippen molar-refractivity contribution < 1.29 is 4.74 Å². The molecule has 0 aliphatic rings. The van der Waals surface area contributed by atoms with E-state index in [0.29, 0.717) is 18.3 Å². The van der Waals surface area contributed by atoms with Crippen molar-refractivity contribution in [2.45, 2.75) is 33.2 Å². The van der Waals surface area contributed by atoms with E-state index in [4.69, 9.17) is 4.74 Å². The Morgan fingerprint density at radius 3 is 2.75 bits per heavy atom. The molecule has 4 nitrogen and oxygen atoms in total. The van der Waals surface area contributed by atoms with Crippen LogP contribution in [0.25, 0.3) is 0 Å². The first-order valence-electron chi connectivity index (χ1n) is 6.84. The van der Waals surface area contributed by atoms with Crippen LogP contribution >= 0.6 is 0 Å². The molecule has 20 heavy (non-hydrogen) atoms. The van der Waals surface area contributed by atoms with Gasteiger partial charge in [-0.25, -0.2) is 4.98 Å². The Hall–Kier alpha value is -1.94. The Morgan fingerprint density at radius 2 is 2.05 bits per heavy atom. The lowest BCUT2D eigenvalue weighted by atomic mass is 10.0. The minimum Gasteiger partial charge on any atom is -0.437 e. The van der Waals surface area contributed by atoms with Gasteiger partial charge in [0.15, 0.2) is 0 Å². The summed E-state index contributed by atoms with van der Waals surface area (Å²) in [5, 5.41) is 3.06. The molecule has 1 aromatic heterocycles. The van der Waals surface area contributed by atoms with Gasteiger partial charge in [0.1, 0.15) is 5.75 Å². The van der Waals surface area contributed by atoms with E-state index < -0.39 is 0 Å². The van der Waals surface area contributed by atoms with Crippen molar-refractivity contribution in [2.24, 2.45) is 0 Å². The molecule has 1 N–H and O–H groups in total. The Kier molecular flexibility index (Phi) is 4.69. The maximum Gasteiger partial charge on any atom is 0.238 e. The third-order valence-corrected chi connectivity index (χ3v) is 3.03. The number of aromatic nitrogens is 2. The van der Waals surface area contributed by atoms with E-state index >= 15 is 0 Å². The average Bonchev–Trinajstić information content (AvgIpc) is 2.39. The van der Waals surface area contributed by atoms with Gasteiger partial charge in [0, 0.05) is 12.7 Å². The lowest BCUT2D eigenvalue weighted by molar-refractivity contribution is 0.448. The lowest BCUT2D eigenvalue weighted by Gasteiger charge is -2.14. The molecule has 0 spiro atoms. The molecule has 0 saturated heterocycles. The molecule has 0 aliphatic heterocycles. The Balaban J connectivity index is 2.29. The molecule has 0 atom stereocenters. The molecule has 106 valence electrons. The summed E-state index contributed by atoms with van der Waals surface area (Å²) in [5.74, 6) is 1.79. The van der Waals surface area contributed by atoms with Crippen molar-refractivity contribution in [2.75, 3.05) is 7.05 Å². The second-order valence-electron chi connectivity index (χ2n) is 5.18. The van der Waals surface area contributed by atoms with Crippen LogP contribution in [-0.2, 0) is 6.54 Å². The molecule has 0 radical (unpaired) electrons. The monoisotopic (exact) mass is 271 g/mol. The largest absolute Gasteiger partial charge is 0.437 e. The van der Waals surface area contributed by atoms with Gasteiger partial charge in [-0.3, -0.25) is 4.98 Å². The highest BCUT2D eigenvalue weighted by Crippen LogP contribution is 2.30. The number of aryl methyl sites for hydroxylation is 1. The summed E-state index contributed by atoms with van der Waals surface area (Å²) in [6.45, 7) is 7.04. The zero-order chi connectivity index (χ0) is 14.5. The van der Waals surface area contributed by atoms with Crippen LogP contribution in [0, 0.1) is 6.92 Å². The zero-order valence-electron chi connectivity index (χ0n) is 12.5. The second-order valence-corrected chi connectivity index (χ2v) is 5.18. The Morgan fingerprint density at radius 1 is 1.25 bits per heavy atom. The SMILES string of the molecule is CNCc1cncc(Oc2cc(C)ccc2C(C)C)n1. The number of hydrogen-bond donors (Lipinski definition) is 1. The predicted octanol–water partition coefficient (Wildman–Crippen LogP) is 3.42. The van der Waals surface area contributed by atoms with Gasteiger partial charge in [-0.1, -0.05) is 26.0 Å². The molecular formula is C16H21N3O. The van der Waals surface area contributed by atoms with Gasteiger partial charge < -0.3 is 10.1 Å². The molecule has 0 unspecified atom stereocenters. The predicted molar refractivity (Wildman–Crippen MR) is 80.1 cm³/mol. The van der Waals surface area contributed by atoms with Crippen molar-refractivity contribution in [1.29, 1.82) is 0 Å². The molecule has 4 heteroatoms. The maximum atomic E-state index is 5.94. The smallest absolute Gasteiger partial charge is 0.238 e. The fourth-order valence-corrected chi connectivity index (χ4v) is 2.02. The highest BCUT2D eigenvalue weighted by molar-refractivity contribution is 5.40. The van der Waals surface area contributed by atoms with Crippen molar-refractivity contribution in [3.63, 3.8) is 0 Å². The summed E-state index contributed by atoms with van der Waals surface area (Å²) in [7, 11) is 1.88. The third-order valence-electron chi connectivity index (χ3n) is 3.03. The van der Waals surface area contributed by atoms with Crippen LogP contribution in [0.15, 0.2) is 30.6 Å². The number of ether oxygens (including phenoxy) is 1. The van der Waals surface area contributed by atoms with Gasteiger partial charge in [0.25, 0.3) is 0 Å². The van der Waals surface area contributed by atoms with Gasteiger partial charge in [-0.05, 0) is 37.1 Å². The van der Waals surface area contributed by atoms with E-state index in [9.17, 15) is 0 Å². The summed E-state index contributed by atoms with van der Waals surface area (Å²) >= 11 is 0. The molecule has 0 fully saturated rings. The first kappa shape index (κ1) is 14.5. The first-order valence-corrected chi connectivity index (χ1v) is 6.84. The summed E-state index contributed by atoms with van der Waals surface area (Å²) in [4.78, 5) is 8.61. The minimum absolute atomic E-state index is 0.402. The number of nitrogens with zero attached hydrogens (tertiary/aromatic N) is 2. The van der Waals surface area contributed by atoms with E-state index in [1.165, 1.54) is 11.1 Å². The molecule has 0 aliphatic carbocycles. The zero-order valence-corrected chi connectivity index (χ0v) is 12.5. The molecule has 0 amide bonds. The highest BCUT2D eigenvalue weighted by atomic mass is 16.5. The van der Waals surface area contributed by atoms with E-state index in [2.05, 4.69) is 48.2 Å². The van der Waals surface area contributed by atoms with Crippen LogP contribution < -0.4 is 10.1 Å². The molecule has 2 aromatic rings. The van der Waals surface area contributed by atoms with Crippen molar-refractivity contribution >= 4 is 0 Å². The van der Waals surface area contributed by atoms with Gasteiger partial charge in [-0.2, -0.15) is 0 Å². The molecule has 0 saturated carbocycles. The summed E-state index contributed by atoms with van der Waals surface area (Å²) in [6, 6.07) is 6.26. The summed E-state index contributed by atoms with van der Waals surface area (Å²) in [5.41, 5.74) is 3.21. The van der Waals surface area contributed by atoms with Gasteiger partial charge in [0.05, 0.1) is 11.9 Å². The number of benzene rings is 1. The maximum absolute atomic E-state index is 5.94. The van der Waals surface area contributed by atoms with Crippen molar-refractivity contribution in [3.05, 3.63) is 47.4 Å². The number of rotatable bonds is 5. The molecular weight excluding hydrogens is 250 g/mol. The van der Waals surface area contributed by atoms with Crippen LogP contribution in [0.4, 0.5) is 0 Å². The summed E-state index contributed by atoms with van der Waals surface area (Å²) < 4.78 is 5.94. The molecule has 0 bridgehead atoms. The summed E-state index contributed by atoms with van der Waals surface area (Å²) in [6.07, 6.45) is 3.38. The third kappa shape index (κ3) is 3.54. The Bertz CT molecular complexity index is 582. The van der Waals surface area contributed by atoms with E-state index in [-0.39, 0.29) is 0 Å². The van der Waals surface area contributed by atoms with E-state index in [1.54, 1.807) is 12.4 Å². The second kappa shape index (κ2) is 6.48. The van der Waals surface area contributed by atoms with Gasteiger partial charge in [0.2, 0.25) is 5.88 Å². The fourth-order valence-electron chi connectivity index (χ4n) is 2.02. The Labute approximate surface area is 120 Å². The standard InChI is InChI=1S/C16H21N3O/c1-11(2)14-6-5-12(3)7-15(14)20-16-10-18-9-13(19-16)8-17-4/h5-7,9-11,17H,8H2,1-4H3. The molecule has 1 heterocycles. The number of hydrogen-bond acceptors (Lipinski definition) is 4. The van der Waals surface area contributed by atoms with Gasteiger partial charge in [-0.15, -0.1) is 0 Å². The fraction of sp³-hybridized carbons (Fsp3) is 0.375. The van der Waals surface area contributed by atoms with Crippen LogP contribution in [0.3, 0.4) is 0 Å². The van der Waals surface area contributed by atoms with E-state index in [0.717, 1.165) is 11.4 Å². The van der Waals surface area contributed by atoms with Crippen LogP contribution in [-0.4, -0.2) is 17.0 Å². The molecule has 2 rings (SSSR count). The van der Waals surface area contributed by atoms with Crippen molar-refractivity contribution in [1.82, 2.24) is 15.3 Å². The first-order chi connectivity index (χ1) is 9.60. The van der Waals surface area contributed by atoms with Crippen LogP contribution in [0.1, 0.15) is 36.6 Å². The highest BCUT2D eigenvalue weighted by Gasteiger charge is 2.10. The molecule has 1 aromatic carbocycles. The van der Waals surface area contributed by atoms with Crippen LogP contribution in [0.2, 0.25) is 0 Å². The lowest BCUT2D eigenvalue weighted by Crippen LogP contribution is -2.07. The van der Waals surface area contributed by atoms with E-state index in [1.807, 2.05) is 13.1 Å². The normalized spacial score (nSPS) is 10.8.